The van der Waals surface area contributed by atoms with Crippen LogP contribution in [0.5, 0.6) is 0 Å². The van der Waals surface area contributed by atoms with E-state index in [-0.39, 0.29) is 0 Å². The van der Waals surface area contributed by atoms with Crippen molar-refractivity contribution in [2.75, 3.05) is 5.75 Å². The van der Waals surface area contributed by atoms with Gasteiger partial charge in [0.2, 0.25) is 0 Å². The van der Waals surface area contributed by atoms with Gasteiger partial charge in [-0.1, -0.05) is 0 Å². The Bertz CT molecular complexity index is 302. The first kappa shape index (κ1) is 21.1. The van der Waals surface area contributed by atoms with Gasteiger partial charge in [-0.25, -0.2) is 0 Å². The van der Waals surface area contributed by atoms with Crippen LogP contribution in [0.25, 0.3) is 0 Å². The summed E-state index contributed by atoms with van der Waals surface area (Å²) >= 11 is 4.33. The molecule has 0 amide bonds. The van der Waals surface area contributed by atoms with Crippen molar-refractivity contribution in [1.82, 2.24) is 0 Å². The Kier molecular flexibility index (Phi) is 8.00. The predicted octanol–water partition coefficient (Wildman–Crippen LogP) is 4.80. The highest BCUT2D eigenvalue weighted by molar-refractivity contribution is 7.80. The van der Waals surface area contributed by atoms with Crippen molar-refractivity contribution in [1.29, 1.82) is 0 Å². The maximum Gasteiger partial charge on any atom is 0.315 e. The van der Waals surface area contributed by atoms with Crippen molar-refractivity contribution < 1.29 is 12.3 Å². The third-order valence-electron chi connectivity index (χ3n) is 2.32. The number of hydrogen-bond donors (Lipinski definition) is 1. The van der Waals surface area contributed by atoms with E-state index in [0.29, 0.717) is 0 Å². The molecule has 0 heterocycles. The highest BCUT2D eigenvalue weighted by atomic mass is 32.1. The van der Waals surface area contributed by atoms with Gasteiger partial charge < -0.3 is 12.3 Å². The van der Waals surface area contributed by atoms with Crippen LogP contribution in [0.2, 0.25) is 65.0 Å². The second kappa shape index (κ2) is 7.58. The third-order valence-corrected chi connectivity index (χ3v) is 16.2. The van der Waals surface area contributed by atoms with Crippen LogP contribution in [0, 0.1) is 0 Å². The average Bonchev–Trinajstić information content (AvgIpc) is 2.05. The maximum absolute atomic E-state index is 6.55. The summed E-state index contributed by atoms with van der Waals surface area (Å²) in [5.74, 6) is 0.887. The monoisotopic (exact) mass is 370 g/mol. The van der Waals surface area contributed by atoms with Crippen molar-refractivity contribution in [3.8, 4) is 0 Å². The summed E-state index contributed by atoms with van der Waals surface area (Å²) in [4.78, 5) is 0. The summed E-state index contributed by atoms with van der Waals surface area (Å²) in [5, 5.41) is 0. The van der Waals surface area contributed by atoms with Crippen LogP contribution in [0.1, 0.15) is 6.42 Å². The molecule has 0 aromatic rings. The van der Waals surface area contributed by atoms with Crippen LogP contribution >= 0.6 is 12.6 Å². The quantitative estimate of drug-likeness (QED) is 0.466. The van der Waals surface area contributed by atoms with Crippen molar-refractivity contribution in [2.45, 2.75) is 71.4 Å². The van der Waals surface area contributed by atoms with E-state index in [0.717, 1.165) is 18.2 Å². The minimum atomic E-state index is -2.17. The number of rotatable bonds is 9. The van der Waals surface area contributed by atoms with E-state index >= 15 is 0 Å². The average molecular weight is 371 g/mol. The molecule has 8 heteroatoms. The van der Waals surface area contributed by atoms with Crippen LogP contribution in [0.4, 0.5) is 0 Å². The lowest BCUT2D eigenvalue weighted by Gasteiger charge is -2.41. The summed E-state index contributed by atoms with van der Waals surface area (Å²) < 4.78 is 19.3. The predicted molar refractivity (Wildman–Crippen MR) is 102 cm³/mol. The van der Waals surface area contributed by atoms with E-state index in [9.17, 15) is 0 Å². The minimum absolute atomic E-state index is 0.887. The molecule has 1 atom stereocenters. The molecule has 20 heavy (non-hydrogen) atoms. The molecule has 0 fully saturated rings. The van der Waals surface area contributed by atoms with Gasteiger partial charge in [0.1, 0.15) is 0 Å². The Morgan fingerprint density at radius 2 is 1.15 bits per heavy atom. The Balaban J connectivity index is 4.96. The Hall–Kier alpha value is 1.10. The zero-order valence-corrected chi connectivity index (χ0v) is 19.7. The topological polar surface area (TPSA) is 27.7 Å². The van der Waals surface area contributed by atoms with Gasteiger partial charge in [0, 0.05) is 0 Å². The zero-order valence-electron chi connectivity index (χ0n) is 14.8. The summed E-state index contributed by atoms with van der Waals surface area (Å²) in [6.45, 7) is 19.9. The number of hydrogen-bond acceptors (Lipinski definition) is 4. The van der Waals surface area contributed by atoms with E-state index in [2.05, 4.69) is 71.6 Å². The lowest BCUT2D eigenvalue weighted by atomic mass is 10.6. The molecular formula is C12H34O3SSi4. The molecule has 0 N–H and O–H groups in total. The Morgan fingerprint density at radius 3 is 1.50 bits per heavy atom. The van der Waals surface area contributed by atoms with Gasteiger partial charge in [-0.2, -0.15) is 12.6 Å². The van der Waals surface area contributed by atoms with Crippen molar-refractivity contribution in [2.24, 2.45) is 0 Å². The molecule has 0 bridgehead atoms. The first-order chi connectivity index (χ1) is 8.68. The maximum atomic E-state index is 6.55. The van der Waals surface area contributed by atoms with Gasteiger partial charge >= 0.3 is 17.1 Å². The first-order valence-corrected chi connectivity index (χ1v) is 20.2. The lowest BCUT2D eigenvalue weighted by molar-refractivity contribution is 0.323. The van der Waals surface area contributed by atoms with E-state index < -0.39 is 33.8 Å². The highest BCUT2D eigenvalue weighted by Crippen LogP contribution is 2.27. The lowest BCUT2D eigenvalue weighted by Crippen LogP contribution is -2.56. The van der Waals surface area contributed by atoms with E-state index in [1.54, 1.807) is 0 Å². The fraction of sp³-hybridized carbons (Fsp3) is 1.00. The largest absolute Gasteiger partial charge is 0.437 e. The SMILES string of the molecule is C[Si](C)(C)O[Si](C)(C)O[Si](C)(CCCS)O[Si](C)(C)C. The molecule has 0 saturated carbocycles. The Labute approximate surface area is 136 Å². The third kappa shape index (κ3) is 10.8. The van der Waals surface area contributed by atoms with Gasteiger partial charge in [0.05, 0.1) is 0 Å². The van der Waals surface area contributed by atoms with Crippen LogP contribution in [0.3, 0.4) is 0 Å². The smallest absolute Gasteiger partial charge is 0.315 e. The molecule has 0 saturated heterocycles. The second-order valence-electron chi connectivity index (χ2n) is 7.89. The van der Waals surface area contributed by atoms with Gasteiger partial charge in [0.15, 0.2) is 16.6 Å². The second-order valence-corrected chi connectivity index (χ2v) is 24.8. The molecule has 1 unspecified atom stereocenters. The fourth-order valence-corrected chi connectivity index (χ4v) is 20.9. The van der Waals surface area contributed by atoms with E-state index in [1.807, 2.05) is 0 Å². The zero-order chi connectivity index (χ0) is 16.2. The molecular weight excluding hydrogens is 337 g/mol. The van der Waals surface area contributed by atoms with E-state index in [4.69, 9.17) is 12.3 Å². The summed E-state index contributed by atoms with van der Waals surface area (Å²) in [6.07, 6.45) is 1.05. The standard InChI is InChI=1S/C12H34O3SSi4/c1-17(2,3)13-19(7,8)15-20(9,12-10-11-16)14-18(4,5)6/h16H,10-12H2,1-9H3. The molecule has 122 valence electrons. The normalized spacial score (nSPS) is 17.1. The Morgan fingerprint density at radius 1 is 0.700 bits per heavy atom. The van der Waals surface area contributed by atoms with Gasteiger partial charge in [-0.15, -0.1) is 0 Å². The minimum Gasteiger partial charge on any atom is -0.437 e. The van der Waals surface area contributed by atoms with Crippen LogP contribution in [0.15, 0.2) is 0 Å². The van der Waals surface area contributed by atoms with E-state index in [1.165, 1.54) is 0 Å². The molecule has 0 radical (unpaired) electrons. The fourth-order valence-electron chi connectivity index (χ4n) is 2.45. The summed E-state index contributed by atoms with van der Waals surface area (Å²) in [7, 11) is -7.49. The molecule has 0 aromatic heterocycles. The molecule has 0 rings (SSSR count). The van der Waals surface area contributed by atoms with Crippen LogP contribution in [-0.2, 0) is 12.3 Å². The molecule has 0 aliphatic carbocycles. The summed E-state index contributed by atoms with van der Waals surface area (Å²) in [6, 6.07) is 1.01. The molecule has 3 nitrogen and oxygen atoms in total. The number of thiol groups is 1. The van der Waals surface area contributed by atoms with Crippen LogP contribution in [-0.4, -0.2) is 39.5 Å². The summed E-state index contributed by atoms with van der Waals surface area (Å²) in [5.41, 5.74) is 0. The molecule has 0 aromatic carbocycles. The van der Waals surface area contributed by atoms with Crippen molar-refractivity contribution >= 4 is 46.4 Å². The highest BCUT2D eigenvalue weighted by Gasteiger charge is 2.43. The first-order valence-electron chi connectivity index (χ1n) is 7.39. The van der Waals surface area contributed by atoms with Gasteiger partial charge in [-0.05, 0) is 77.1 Å². The van der Waals surface area contributed by atoms with Gasteiger partial charge in [-0.3, -0.25) is 0 Å². The van der Waals surface area contributed by atoms with Crippen molar-refractivity contribution in [3.63, 3.8) is 0 Å². The molecule has 0 aliphatic heterocycles. The molecule has 0 spiro atoms. The van der Waals surface area contributed by atoms with Crippen molar-refractivity contribution in [3.05, 3.63) is 0 Å². The molecule has 0 aliphatic rings. The van der Waals surface area contributed by atoms with Gasteiger partial charge in [0.25, 0.3) is 0 Å². The van der Waals surface area contributed by atoms with Crippen LogP contribution < -0.4 is 0 Å².